The fourth-order valence-electron chi connectivity index (χ4n) is 2.42. The van der Waals surface area contributed by atoms with Crippen LogP contribution < -0.4 is 5.32 Å². The molecule has 1 saturated carbocycles. The molecule has 1 saturated heterocycles. The number of hydrogen-bond donors (Lipinski definition) is 1. The summed E-state index contributed by atoms with van der Waals surface area (Å²) in [5, 5.41) is 3.07. The first-order chi connectivity index (χ1) is 8.70. The zero-order valence-corrected chi connectivity index (χ0v) is 11.0. The molecule has 1 heterocycles. The number of likely N-dealkylation sites (tertiary alicyclic amines) is 1. The normalized spacial score (nSPS) is 24.8. The zero-order valence-electron chi connectivity index (χ0n) is 11.0. The first-order valence-corrected chi connectivity index (χ1v) is 6.78. The highest BCUT2D eigenvalue weighted by atomic mass is 16.5. The van der Waals surface area contributed by atoms with Gasteiger partial charge < -0.3 is 15.0 Å². The summed E-state index contributed by atoms with van der Waals surface area (Å²) in [4.78, 5) is 25.5. The largest absolute Gasteiger partial charge is 0.383 e. The van der Waals surface area contributed by atoms with Gasteiger partial charge in [-0.3, -0.25) is 9.59 Å². The molecule has 1 aliphatic heterocycles. The Bertz CT molecular complexity index is 315. The predicted molar refractivity (Wildman–Crippen MR) is 67.0 cm³/mol. The third-order valence-corrected chi connectivity index (χ3v) is 3.89. The predicted octanol–water partition coefficient (Wildman–Crippen LogP) is 0.540. The van der Waals surface area contributed by atoms with E-state index in [0.717, 1.165) is 12.8 Å². The number of carbonyl (C=O) groups excluding carboxylic acids is 2. The van der Waals surface area contributed by atoms with E-state index in [2.05, 4.69) is 5.32 Å². The van der Waals surface area contributed by atoms with Crippen LogP contribution in [0.4, 0.5) is 0 Å². The highest BCUT2D eigenvalue weighted by Crippen LogP contribution is 2.21. The molecule has 0 aromatic heterocycles. The molecule has 2 rings (SSSR count). The lowest BCUT2D eigenvalue weighted by Crippen LogP contribution is -2.49. The second-order valence-electron chi connectivity index (χ2n) is 5.20. The van der Waals surface area contributed by atoms with Gasteiger partial charge in [-0.25, -0.2) is 0 Å². The smallest absolute Gasteiger partial charge is 0.225 e. The minimum absolute atomic E-state index is 0.0415. The van der Waals surface area contributed by atoms with Crippen LogP contribution in [0, 0.1) is 5.92 Å². The van der Waals surface area contributed by atoms with E-state index in [4.69, 9.17) is 4.74 Å². The van der Waals surface area contributed by atoms with E-state index in [-0.39, 0.29) is 17.7 Å². The van der Waals surface area contributed by atoms with Crippen LogP contribution in [0.3, 0.4) is 0 Å². The topological polar surface area (TPSA) is 58.6 Å². The highest BCUT2D eigenvalue weighted by molar-refractivity contribution is 5.84. The Balaban J connectivity index is 1.81. The average molecular weight is 254 g/mol. The van der Waals surface area contributed by atoms with Crippen molar-refractivity contribution >= 4 is 11.8 Å². The van der Waals surface area contributed by atoms with Crippen molar-refractivity contribution in [2.75, 3.05) is 26.8 Å². The summed E-state index contributed by atoms with van der Waals surface area (Å²) in [6.07, 6.45) is 4.58. The highest BCUT2D eigenvalue weighted by Gasteiger charge is 2.31. The van der Waals surface area contributed by atoms with Gasteiger partial charge in [0.15, 0.2) is 0 Å². The van der Waals surface area contributed by atoms with Gasteiger partial charge in [0.25, 0.3) is 0 Å². The molecule has 5 nitrogen and oxygen atoms in total. The lowest BCUT2D eigenvalue weighted by molar-refractivity contribution is -0.139. The molecule has 5 heteroatoms. The Morgan fingerprint density at radius 2 is 2.22 bits per heavy atom. The molecule has 1 N–H and O–H groups in total. The SMILES string of the molecule is COCCN1C[C@H](C(=O)NC2CCC2)CCC1=O. The lowest BCUT2D eigenvalue weighted by atomic mass is 9.91. The van der Waals surface area contributed by atoms with Crippen molar-refractivity contribution in [1.82, 2.24) is 10.2 Å². The number of hydrogen-bond acceptors (Lipinski definition) is 3. The molecule has 102 valence electrons. The van der Waals surface area contributed by atoms with E-state index >= 15 is 0 Å². The van der Waals surface area contributed by atoms with Crippen molar-refractivity contribution in [3.63, 3.8) is 0 Å². The van der Waals surface area contributed by atoms with Crippen molar-refractivity contribution < 1.29 is 14.3 Å². The molecule has 18 heavy (non-hydrogen) atoms. The first-order valence-electron chi connectivity index (χ1n) is 6.78. The van der Waals surface area contributed by atoms with E-state index in [1.54, 1.807) is 12.0 Å². The number of ether oxygens (including phenoxy) is 1. The molecule has 2 fully saturated rings. The minimum Gasteiger partial charge on any atom is -0.383 e. The monoisotopic (exact) mass is 254 g/mol. The van der Waals surface area contributed by atoms with Crippen LogP contribution in [0.5, 0.6) is 0 Å². The Labute approximate surface area is 108 Å². The summed E-state index contributed by atoms with van der Waals surface area (Å²) in [5.41, 5.74) is 0. The molecule has 0 spiro atoms. The standard InChI is InChI=1S/C13H22N2O3/c1-18-8-7-15-9-10(5-6-12(15)16)13(17)14-11-3-2-4-11/h10-11H,2-9H2,1H3,(H,14,17)/t10-/m1/s1. The quantitative estimate of drug-likeness (QED) is 0.779. The molecule has 0 aromatic rings. The molecule has 1 atom stereocenters. The number of rotatable bonds is 5. The Morgan fingerprint density at radius 3 is 2.83 bits per heavy atom. The number of piperidine rings is 1. The van der Waals surface area contributed by atoms with Gasteiger partial charge in [-0.05, 0) is 25.7 Å². The minimum atomic E-state index is -0.0415. The molecule has 0 bridgehead atoms. The van der Waals surface area contributed by atoms with Gasteiger partial charge in [0.1, 0.15) is 0 Å². The summed E-state index contributed by atoms with van der Waals surface area (Å²) in [6.45, 7) is 1.66. The Morgan fingerprint density at radius 1 is 1.44 bits per heavy atom. The van der Waals surface area contributed by atoms with Gasteiger partial charge in [-0.15, -0.1) is 0 Å². The number of carbonyl (C=O) groups is 2. The molecule has 0 aromatic carbocycles. The van der Waals surface area contributed by atoms with Gasteiger partial charge in [0.2, 0.25) is 11.8 Å². The lowest BCUT2D eigenvalue weighted by Gasteiger charge is -2.34. The van der Waals surface area contributed by atoms with Gasteiger partial charge in [0, 0.05) is 32.7 Å². The number of nitrogens with one attached hydrogen (secondary N) is 1. The van der Waals surface area contributed by atoms with Crippen LogP contribution in [0.15, 0.2) is 0 Å². The van der Waals surface area contributed by atoms with Gasteiger partial charge in [0.05, 0.1) is 12.5 Å². The average Bonchev–Trinajstić information content (AvgIpc) is 2.32. The van der Waals surface area contributed by atoms with E-state index in [1.807, 2.05) is 0 Å². The van der Waals surface area contributed by atoms with E-state index in [1.165, 1.54) is 6.42 Å². The van der Waals surface area contributed by atoms with Crippen molar-refractivity contribution in [3.05, 3.63) is 0 Å². The maximum atomic E-state index is 12.0. The van der Waals surface area contributed by atoms with Crippen LogP contribution in [-0.4, -0.2) is 49.6 Å². The van der Waals surface area contributed by atoms with Crippen LogP contribution in [0.1, 0.15) is 32.1 Å². The van der Waals surface area contributed by atoms with E-state index in [9.17, 15) is 9.59 Å². The number of methoxy groups -OCH3 is 1. The molecule has 1 aliphatic carbocycles. The maximum Gasteiger partial charge on any atom is 0.225 e. The fraction of sp³-hybridized carbons (Fsp3) is 0.846. The summed E-state index contributed by atoms with van der Waals surface area (Å²) < 4.78 is 4.99. The van der Waals surface area contributed by atoms with Crippen LogP contribution in [-0.2, 0) is 14.3 Å². The summed E-state index contributed by atoms with van der Waals surface area (Å²) in [5.74, 6) is 0.217. The molecular weight excluding hydrogens is 232 g/mol. The fourth-order valence-corrected chi connectivity index (χ4v) is 2.42. The van der Waals surface area contributed by atoms with E-state index in [0.29, 0.717) is 38.6 Å². The zero-order chi connectivity index (χ0) is 13.0. The third-order valence-electron chi connectivity index (χ3n) is 3.89. The number of amides is 2. The molecule has 0 unspecified atom stereocenters. The van der Waals surface area contributed by atoms with Gasteiger partial charge >= 0.3 is 0 Å². The first kappa shape index (κ1) is 13.3. The second-order valence-corrected chi connectivity index (χ2v) is 5.20. The second kappa shape index (κ2) is 6.18. The van der Waals surface area contributed by atoms with Gasteiger partial charge in [-0.1, -0.05) is 0 Å². The number of nitrogens with zero attached hydrogens (tertiary/aromatic N) is 1. The van der Waals surface area contributed by atoms with Crippen molar-refractivity contribution in [2.24, 2.45) is 5.92 Å². The van der Waals surface area contributed by atoms with E-state index < -0.39 is 0 Å². The third kappa shape index (κ3) is 3.22. The Kier molecular flexibility index (Phi) is 4.58. The molecule has 2 amide bonds. The molecule has 2 aliphatic rings. The Hall–Kier alpha value is -1.10. The van der Waals surface area contributed by atoms with Crippen LogP contribution in [0.25, 0.3) is 0 Å². The summed E-state index contributed by atoms with van der Waals surface area (Å²) in [6, 6.07) is 0.377. The summed E-state index contributed by atoms with van der Waals surface area (Å²) >= 11 is 0. The van der Waals surface area contributed by atoms with Crippen LogP contribution >= 0.6 is 0 Å². The van der Waals surface area contributed by atoms with Crippen molar-refractivity contribution in [3.8, 4) is 0 Å². The van der Waals surface area contributed by atoms with Crippen LogP contribution in [0.2, 0.25) is 0 Å². The summed E-state index contributed by atoms with van der Waals surface area (Å²) in [7, 11) is 1.62. The van der Waals surface area contributed by atoms with Crippen molar-refractivity contribution in [2.45, 2.75) is 38.1 Å². The maximum absolute atomic E-state index is 12.0. The van der Waals surface area contributed by atoms with Gasteiger partial charge in [-0.2, -0.15) is 0 Å². The molecule has 0 radical (unpaired) electrons. The van der Waals surface area contributed by atoms with Crippen molar-refractivity contribution in [1.29, 1.82) is 0 Å². The molecular formula is C13H22N2O3.